The normalized spacial score (nSPS) is 19.0. The molecule has 7 heteroatoms. The van der Waals surface area contributed by atoms with Crippen LogP contribution in [0.15, 0.2) is 30.7 Å². The van der Waals surface area contributed by atoms with Crippen LogP contribution in [0.25, 0.3) is 0 Å². The minimum Gasteiger partial charge on any atom is -0.308 e. The van der Waals surface area contributed by atoms with Crippen LogP contribution in [0, 0.1) is 0 Å². The van der Waals surface area contributed by atoms with E-state index in [0.717, 1.165) is 25.9 Å². The number of nitrogens with zero attached hydrogens (tertiary/aromatic N) is 5. The van der Waals surface area contributed by atoms with Crippen molar-refractivity contribution in [3.8, 4) is 0 Å². The van der Waals surface area contributed by atoms with Crippen LogP contribution in [0.4, 0.5) is 5.82 Å². The molecule has 0 spiro atoms. The predicted molar refractivity (Wildman–Crippen MR) is 78.7 cm³/mol. The molecule has 0 bridgehead atoms. The first kappa shape index (κ1) is 13.8. The Bertz CT molecular complexity index is 590. The fourth-order valence-corrected chi connectivity index (χ4v) is 2.78. The Morgan fingerprint density at radius 1 is 1.48 bits per heavy atom. The summed E-state index contributed by atoms with van der Waals surface area (Å²) < 4.78 is 3.60. The Hall–Kier alpha value is -2.15. The summed E-state index contributed by atoms with van der Waals surface area (Å²) in [5.74, 6) is 0.589. The molecule has 1 fully saturated rings. The van der Waals surface area contributed by atoms with Crippen LogP contribution in [0.3, 0.4) is 0 Å². The van der Waals surface area contributed by atoms with E-state index in [4.69, 9.17) is 0 Å². The van der Waals surface area contributed by atoms with Crippen LogP contribution in [0.5, 0.6) is 0 Å². The van der Waals surface area contributed by atoms with Gasteiger partial charge in [0.05, 0.1) is 13.1 Å². The van der Waals surface area contributed by atoms with Crippen LogP contribution in [0.1, 0.15) is 12.8 Å². The first-order chi connectivity index (χ1) is 10.2. The summed E-state index contributed by atoms with van der Waals surface area (Å²) >= 11 is 0. The van der Waals surface area contributed by atoms with Gasteiger partial charge in [0.1, 0.15) is 0 Å². The molecule has 1 atom stereocenters. The zero-order valence-corrected chi connectivity index (χ0v) is 12.1. The van der Waals surface area contributed by atoms with Gasteiger partial charge in [0.25, 0.3) is 0 Å². The van der Waals surface area contributed by atoms with Crippen molar-refractivity contribution in [3.63, 3.8) is 0 Å². The van der Waals surface area contributed by atoms with E-state index in [0.29, 0.717) is 18.4 Å². The van der Waals surface area contributed by atoms with Crippen molar-refractivity contribution in [3.05, 3.63) is 30.7 Å². The average Bonchev–Trinajstić information content (AvgIpc) is 3.15. The van der Waals surface area contributed by atoms with Gasteiger partial charge in [0.2, 0.25) is 5.91 Å². The lowest BCUT2D eigenvalue weighted by atomic mass is 10.2. The largest absolute Gasteiger partial charge is 0.308 e. The second-order valence-electron chi connectivity index (χ2n) is 5.42. The highest BCUT2D eigenvalue weighted by molar-refractivity contribution is 5.91. The molecule has 3 heterocycles. The van der Waals surface area contributed by atoms with Gasteiger partial charge < -0.3 is 5.32 Å². The zero-order chi connectivity index (χ0) is 14.7. The first-order valence-corrected chi connectivity index (χ1v) is 7.22. The Balaban J connectivity index is 1.54. The fourth-order valence-electron chi connectivity index (χ4n) is 2.78. The zero-order valence-electron chi connectivity index (χ0n) is 12.1. The van der Waals surface area contributed by atoms with Gasteiger partial charge >= 0.3 is 0 Å². The maximum absolute atomic E-state index is 12.1. The molecule has 2 aromatic rings. The molecule has 7 nitrogen and oxygen atoms in total. The first-order valence-electron chi connectivity index (χ1n) is 7.22. The molecule has 112 valence electrons. The van der Waals surface area contributed by atoms with Crippen LogP contribution >= 0.6 is 0 Å². The quantitative estimate of drug-likeness (QED) is 0.880. The summed E-state index contributed by atoms with van der Waals surface area (Å²) in [6.07, 6.45) is 7.79. The number of rotatable bonds is 5. The SMILES string of the molecule is Cn1ccc(NC(=O)CN2CCCC2Cn2cccn2)n1. The number of aromatic nitrogens is 4. The predicted octanol–water partition coefficient (Wildman–Crippen LogP) is 0.720. The third kappa shape index (κ3) is 3.49. The van der Waals surface area contributed by atoms with Crippen LogP contribution < -0.4 is 5.32 Å². The average molecular weight is 288 g/mol. The second kappa shape index (κ2) is 6.09. The number of carbonyl (C=O) groups is 1. The molecular formula is C14H20N6O. The van der Waals surface area contributed by atoms with Crippen LogP contribution in [-0.4, -0.2) is 49.5 Å². The standard InChI is InChI=1S/C14H20N6O/c1-18-9-5-13(17-18)16-14(21)11-19-7-2-4-12(19)10-20-8-3-6-15-20/h3,5-6,8-9,12H,2,4,7,10-11H2,1H3,(H,16,17,21). The molecule has 0 radical (unpaired) electrons. The molecule has 2 aromatic heterocycles. The molecule has 1 N–H and O–H groups in total. The van der Waals surface area contributed by atoms with Gasteiger partial charge in [-0.05, 0) is 25.5 Å². The molecule has 1 aliphatic heterocycles. The second-order valence-corrected chi connectivity index (χ2v) is 5.42. The fraction of sp³-hybridized carbons (Fsp3) is 0.500. The van der Waals surface area contributed by atoms with Gasteiger partial charge in [-0.15, -0.1) is 0 Å². The molecule has 1 aliphatic rings. The highest BCUT2D eigenvalue weighted by Gasteiger charge is 2.26. The molecule has 3 rings (SSSR count). The minimum absolute atomic E-state index is 0.0129. The Morgan fingerprint density at radius 2 is 2.38 bits per heavy atom. The maximum atomic E-state index is 12.1. The summed E-state index contributed by atoms with van der Waals surface area (Å²) in [5, 5.41) is 11.2. The summed E-state index contributed by atoms with van der Waals surface area (Å²) in [5.41, 5.74) is 0. The molecular weight excluding hydrogens is 268 g/mol. The van der Waals surface area contributed by atoms with Gasteiger partial charge in [-0.3, -0.25) is 19.1 Å². The van der Waals surface area contributed by atoms with Gasteiger partial charge in [0.15, 0.2) is 5.82 Å². The van der Waals surface area contributed by atoms with Crippen molar-refractivity contribution in [2.45, 2.75) is 25.4 Å². The highest BCUT2D eigenvalue weighted by atomic mass is 16.2. The summed E-state index contributed by atoms with van der Waals surface area (Å²) in [6.45, 7) is 2.20. The van der Waals surface area contributed by atoms with Crippen LogP contribution in [-0.2, 0) is 18.4 Å². The van der Waals surface area contributed by atoms with E-state index in [1.54, 1.807) is 16.9 Å². The Kier molecular flexibility index (Phi) is 4.01. The van der Waals surface area contributed by atoms with Gasteiger partial charge in [-0.25, -0.2) is 0 Å². The van der Waals surface area contributed by atoms with Crippen molar-refractivity contribution in [1.29, 1.82) is 0 Å². The van der Waals surface area contributed by atoms with E-state index in [2.05, 4.69) is 20.4 Å². The van der Waals surface area contributed by atoms with E-state index in [1.165, 1.54) is 0 Å². The number of aryl methyl sites for hydroxylation is 1. The molecule has 0 saturated carbocycles. The lowest BCUT2D eigenvalue weighted by Gasteiger charge is -2.23. The lowest BCUT2D eigenvalue weighted by molar-refractivity contribution is -0.117. The monoisotopic (exact) mass is 288 g/mol. The number of hydrogen-bond acceptors (Lipinski definition) is 4. The third-order valence-corrected chi connectivity index (χ3v) is 3.78. The summed E-state index contributed by atoms with van der Waals surface area (Å²) in [7, 11) is 1.83. The van der Waals surface area contributed by atoms with E-state index >= 15 is 0 Å². The van der Waals surface area contributed by atoms with Gasteiger partial charge in [-0.1, -0.05) is 0 Å². The van der Waals surface area contributed by atoms with Crippen molar-refractivity contribution < 1.29 is 4.79 Å². The van der Waals surface area contributed by atoms with E-state index in [9.17, 15) is 4.79 Å². The molecule has 0 aromatic carbocycles. The molecule has 0 aliphatic carbocycles. The van der Waals surface area contributed by atoms with Crippen LogP contribution in [0.2, 0.25) is 0 Å². The summed E-state index contributed by atoms with van der Waals surface area (Å²) in [4.78, 5) is 14.3. The van der Waals surface area contributed by atoms with Gasteiger partial charge in [0, 0.05) is 37.7 Å². The third-order valence-electron chi connectivity index (χ3n) is 3.78. The smallest absolute Gasteiger partial charge is 0.239 e. The number of likely N-dealkylation sites (tertiary alicyclic amines) is 1. The van der Waals surface area contributed by atoms with Gasteiger partial charge in [-0.2, -0.15) is 10.2 Å². The van der Waals surface area contributed by atoms with Crippen molar-refractivity contribution in [2.24, 2.45) is 7.05 Å². The minimum atomic E-state index is -0.0129. The molecule has 1 amide bonds. The lowest BCUT2D eigenvalue weighted by Crippen LogP contribution is -2.39. The number of anilines is 1. The molecule has 21 heavy (non-hydrogen) atoms. The molecule has 1 saturated heterocycles. The highest BCUT2D eigenvalue weighted by Crippen LogP contribution is 2.18. The summed E-state index contributed by atoms with van der Waals surface area (Å²) in [6, 6.07) is 4.09. The van der Waals surface area contributed by atoms with E-state index < -0.39 is 0 Å². The number of hydrogen-bond donors (Lipinski definition) is 1. The number of carbonyl (C=O) groups excluding carboxylic acids is 1. The Morgan fingerprint density at radius 3 is 3.10 bits per heavy atom. The topological polar surface area (TPSA) is 68.0 Å². The van der Waals surface area contributed by atoms with Crippen molar-refractivity contribution in [2.75, 3.05) is 18.4 Å². The van der Waals surface area contributed by atoms with E-state index in [1.807, 2.05) is 30.2 Å². The number of amides is 1. The van der Waals surface area contributed by atoms with Crippen molar-refractivity contribution in [1.82, 2.24) is 24.5 Å². The van der Waals surface area contributed by atoms with Crippen molar-refractivity contribution >= 4 is 11.7 Å². The van der Waals surface area contributed by atoms with E-state index in [-0.39, 0.29) is 5.91 Å². The Labute approximate surface area is 123 Å². The molecule has 1 unspecified atom stereocenters. The maximum Gasteiger partial charge on any atom is 0.239 e. The number of nitrogens with one attached hydrogen (secondary N) is 1.